The molecule has 0 aromatic heterocycles. The van der Waals surface area contributed by atoms with Gasteiger partial charge in [-0.1, -0.05) is 18.2 Å². The molecule has 0 spiro atoms. The molecule has 1 saturated heterocycles. The Bertz CT molecular complexity index is 710. The van der Waals surface area contributed by atoms with Crippen LogP contribution in [-0.2, 0) is 11.3 Å². The van der Waals surface area contributed by atoms with Crippen LogP contribution in [0.4, 0.5) is 11.4 Å². The second-order valence-electron chi connectivity index (χ2n) is 6.33. The summed E-state index contributed by atoms with van der Waals surface area (Å²) in [5.74, 6) is 0. The molecule has 0 unspecified atom stereocenters. The lowest BCUT2D eigenvalue weighted by molar-refractivity contribution is -0.00525. The molecular formula is C20H23N3O. The Labute approximate surface area is 143 Å². The van der Waals surface area contributed by atoms with Gasteiger partial charge in [0.25, 0.3) is 0 Å². The Kier molecular flexibility index (Phi) is 5.02. The quantitative estimate of drug-likeness (QED) is 0.931. The van der Waals surface area contributed by atoms with Crippen molar-refractivity contribution in [1.29, 1.82) is 5.26 Å². The van der Waals surface area contributed by atoms with Crippen molar-refractivity contribution in [3.8, 4) is 6.07 Å². The van der Waals surface area contributed by atoms with Gasteiger partial charge in [0, 0.05) is 31.0 Å². The van der Waals surface area contributed by atoms with E-state index < -0.39 is 0 Å². The third-order valence-corrected chi connectivity index (χ3v) is 4.25. The van der Waals surface area contributed by atoms with Gasteiger partial charge in [-0.15, -0.1) is 0 Å². The van der Waals surface area contributed by atoms with Gasteiger partial charge >= 0.3 is 0 Å². The van der Waals surface area contributed by atoms with Crippen LogP contribution in [0, 0.1) is 11.3 Å². The summed E-state index contributed by atoms with van der Waals surface area (Å²) >= 11 is 0. The van der Waals surface area contributed by atoms with Crippen molar-refractivity contribution in [2.24, 2.45) is 0 Å². The van der Waals surface area contributed by atoms with Crippen LogP contribution in [0.25, 0.3) is 0 Å². The fraction of sp³-hybridized carbons (Fsp3) is 0.350. The molecule has 0 amide bonds. The van der Waals surface area contributed by atoms with Crippen LogP contribution in [0.3, 0.4) is 0 Å². The second-order valence-corrected chi connectivity index (χ2v) is 6.33. The van der Waals surface area contributed by atoms with Crippen molar-refractivity contribution in [2.75, 3.05) is 23.3 Å². The first-order valence-electron chi connectivity index (χ1n) is 8.38. The molecule has 1 aliphatic rings. The van der Waals surface area contributed by atoms with Crippen molar-refractivity contribution in [2.45, 2.75) is 32.6 Å². The van der Waals surface area contributed by atoms with E-state index in [1.807, 2.05) is 24.3 Å². The highest BCUT2D eigenvalue weighted by Gasteiger charge is 2.23. The lowest BCUT2D eigenvalue weighted by atomic mass is 10.1. The number of anilines is 2. The number of ether oxygens (including phenoxy) is 1. The fourth-order valence-electron chi connectivity index (χ4n) is 3.20. The topological polar surface area (TPSA) is 48.3 Å². The summed E-state index contributed by atoms with van der Waals surface area (Å²) in [7, 11) is 0. The molecule has 4 nitrogen and oxygen atoms in total. The van der Waals surface area contributed by atoms with Crippen molar-refractivity contribution >= 4 is 11.4 Å². The van der Waals surface area contributed by atoms with Crippen molar-refractivity contribution < 1.29 is 4.74 Å². The number of hydrogen-bond acceptors (Lipinski definition) is 4. The summed E-state index contributed by atoms with van der Waals surface area (Å²) in [5.41, 5.74) is 4.23. The Hall–Kier alpha value is -2.51. The van der Waals surface area contributed by atoms with Crippen LogP contribution < -0.4 is 10.2 Å². The van der Waals surface area contributed by atoms with Crippen LogP contribution in [0.2, 0.25) is 0 Å². The summed E-state index contributed by atoms with van der Waals surface area (Å²) in [6.07, 6.45) is 0.488. The number of hydrogen-bond donors (Lipinski definition) is 1. The van der Waals surface area contributed by atoms with E-state index in [4.69, 9.17) is 10.00 Å². The van der Waals surface area contributed by atoms with Crippen LogP contribution in [0.5, 0.6) is 0 Å². The summed E-state index contributed by atoms with van der Waals surface area (Å²) in [6.45, 7) is 6.83. The van der Waals surface area contributed by atoms with Gasteiger partial charge in [0.1, 0.15) is 0 Å². The standard InChI is InChI=1S/C20H23N3O/c1-15-13-23(14-16(2)24-15)20-6-4-3-5-18(20)12-22-19-9-7-17(11-21)8-10-19/h3-10,15-16,22H,12-14H2,1-2H3/t15-,16-/m1/s1. The lowest BCUT2D eigenvalue weighted by Crippen LogP contribution is -2.45. The zero-order valence-corrected chi connectivity index (χ0v) is 14.2. The highest BCUT2D eigenvalue weighted by Crippen LogP contribution is 2.25. The molecule has 2 aromatic rings. The zero-order chi connectivity index (χ0) is 16.9. The maximum atomic E-state index is 8.87. The number of rotatable bonds is 4. The van der Waals surface area contributed by atoms with E-state index in [9.17, 15) is 0 Å². The van der Waals surface area contributed by atoms with E-state index in [2.05, 4.69) is 54.4 Å². The first-order valence-corrected chi connectivity index (χ1v) is 8.38. The maximum Gasteiger partial charge on any atom is 0.0991 e. The third-order valence-electron chi connectivity index (χ3n) is 4.25. The highest BCUT2D eigenvalue weighted by molar-refractivity contribution is 5.56. The third kappa shape index (κ3) is 3.87. The molecule has 1 N–H and O–H groups in total. The average Bonchev–Trinajstić information content (AvgIpc) is 2.60. The number of nitriles is 1. The largest absolute Gasteiger partial charge is 0.381 e. The fourth-order valence-corrected chi connectivity index (χ4v) is 3.20. The van der Waals surface area contributed by atoms with Crippen LogP contribution in [-0.4, -0.2) is 25.3 Å². The normalized spacial score (nSPS) is 20.5. The summed E-state index contributed by atoms with van der Waals surface area (Å²) in [5, 5.41) is 12.3. The molecule has 4 heteroatoms. The monoisotopic (exact) mass is 321 g/mol. The van der Waals surface area contributed by atoms with Gasteiger partial charge in [0.05, 0.1) is 23.8 Å². The summed E-state index contributed by atoms with van der Waals surface area (Å²) in [4.78, 5) is 2.41. The van der Waals surface area contributed by atoms with Crippen molar-refractivity contribution in [3.63, 3.8) is 0 Å². The van der Waals surface area contributed by atoms with E-state index in [0.29, 0.717) is 5.56 Å². The molecule has 3 rings (SSSR count). The van der Waals surface area contributed by atoms with Gasteiger partial charge in [-0.2, -0.15) is 5.26 Å². The molecule has 2 aromatic carbocycles. The number of para-hydroxylation sites is 1. The SMILES string of the molecule is C[C@@H]1CN(c2ccccc2CNc2ccc(C#N)cc2)C[C@@H](C)O1. The van der Waals surface area contributed by atoms with Crippen LogP contribution >= 0.6 is 0 Å². The predicted octanol–water partition coefficient (Wildman–Crippen LogP) is 3.78. The van der Waals surface area contributed by atoms with Crippen molar-refractivity contribution in [3.05, 3.63) is 59.7 Å². The lowest BCUT2D eigenvalue weighted by Gasteiger charge is -2.37. The molecule has 1 aliphatic heterocycles. The molecule has 0 bridgehead atoms. The molecular weight excluding hydrogens is 298 g/mol. The molecule has 1 heterocycles. The van der Waals surface area contributed by atoms with Gasteiger partial charge < -0.3 is 15.0 Å². The summed E-state index contributed by atoms with van der Waals surface area (Å²) < 4.78 is 5.85. The number of benzene rings is 2. The summed E-state index contributed by atoms with van der Waals surface area (Å²) in [6, 6.07) is 18.2. The second kappa shape index (κ2) is 7.37. The van der Waals surface area contributed by atoms with E-state index >= 15 is 0 Å². The van der Waals surface area contributed by atoms with Crippen LogP contribution in [0.1, 0.15) is 25.0 Å². The zero-order valence-electron chi connectivity index (χ0n) is 14.2. The molecule has 0 aliphatic carbocycles. The average molecular weight is 321 g/mol. The van der Waals surface area contributed by atoms with Crippen molar-refractivity contribution in [1.82, 2.24) is 0 Å². The van der Waals surface area contributed by atoms with Gasteiger partial charge in [-0.3, -0.25) is 0 Å². The van der Waals surface area contributed by atoms with E-state index in [1.54, 1.807) is 0 Å². The van der Waals surface area contributed by atoms with Gasteiger partial charge in [-0.05, 0) is 49.7 Å². The minimum Gasteiger partial charge on any atom is -0.381 e. The molecule has 124 valence electrons. The minimum absolute atomic E-state index is 0.244. The molecule has 0 radical (unpaired) electrons. The molecule has 0 saturated carbocycles. The van der Waals surface area contributed by atoms with Gasteiger partial charge in [-0.25, -0.2) is 0 Å². The van der Waals surface area contributed by atoms with Gasteiger partial charge in [0.2, 0.25) is 0 Å². The van der Waals surface area contributed by atoms with Crippen LogP contribution in [0.15, 0.2) is 48.5 Å². The first kappa shape index (κ1) is 16.4. The maximum absolute atomic E-state index is 8.87. The van der Waals surface area contributed by atoms with Gasteiger partial charge in [0.15, 0.2) is 0 Å². The van der Waals surface area contributed by atoms with E-state index in [1.165, 1.54) is 11.3 Å². The highest BCUT2D eigenvalue weighted by atomic mass is 16.5. The van der Waals surface area contributed by atoms with E-state index in [0.717, 1.165) is 25.3 Å². The Balaban J connectivity index is 1.73. The molecule has 1 fully saturated rings. The Morgan fingerprint density at radius 2 is 1.75 bits per heavy atom. The number of morpholine rings is 1. The Morgan fingerprint density at radius 1 is 1.08 bits per heavy atom. The molecule has 24 heavy (non-hydrogen) atoms. The smallest absolute Gasteiger partial charge is 0.0991 e. The molecule has 2 atom stereocenters. The number of nitrogens with one attached hydrogen (secondary N) is 1. The predicted molar refractivity (Wildman–Crippen MR) is 97.1 cm³/mol. The Morgan fingerprint density at radius 3 is 2.42 bits per heavy atom. The minimum atomic E-state index is 0.244. The first-order chi connectivity index (χ1) is 11.7. The van der Waals surface area contributed by atoms with E-state index in [-0.39, 0.29) is 12.2 Å². The number of nitrogens with zero attached hydrogens (tertiary/aromatic N) is 2.